The summed E-state index contributed by atoms with van der Waals surface area (Å²) in [6.07, 6.45) is -4.99. The third kappa shape index (κ3) is 5.12. The first-order valence-electron chi connectivity index (χ1n) is 5.71. The number of amides is 1. The number of hydrogen-bond donors (Lipinski definition) is 1. The summed E-state index contributed by atoms with van der Waals surface area (Å²) in [7, 11) is 0. The second-order valence-electron chi connectivity index (χ2n) is 4.14. The summed E-state index contributed by atoms with van der Waals surface area (Å²) < 4.78 is 62.6. The van der Waals surface area contributed by atoms with Crippen LogP contribution in [0.25, 0.3) is 0 Å². The van der Waals surface area contributed by atoms with Gasteiger partial charge in [0.2, 0.25) is 5.91 Å². The van der Waals surface area contributed by atoms with E-state index in [1.54, 1.807) is 0 Å². The summed E-state index contributed by atoms with van der Waals surface area (Å²) in [6, 6.07) is 2.74. The summed E-state index contributed by atoms with van der Waals surface area (Å²) >= 11 is 0. The normalized spacial score (nSPS) is 11.5. The highest BCUT2D eigenvalue weighted by Gasteiger charge is 2.32. The van der Waals surface area contributed by atoms with Crippen LogP contribution in [0.15, 0.2) is 18.2 Å². The van der Waals surface area contributed by atoms with Crippen molar-refractivity contribution in [1.82, 2.24) is 4.90 Å². The quantitative estimate of drug-likeness (QED) is 0.843. The van der Waals surface area contributed by atoms with Gasteiger partial charge in [-0.25, -0.2) is 8.78 Å². The van der Waals surface area contributed by atoms with Crippen LogP contribution in [0.3, 0.4) is 0 Å². The SMILES string of the molecule is NCCN(CC(F)(F)F)C(=O)Cc1ccc(F)c(F)c1. The third-order valence-electron chi connectivity index (χ3n) is 2.46. The summed E-state index contributed by atoms with van der Waals surface area (Å²) in [5.74, 6) is -3.09. The Morgan fingerprint density at radius 3 is 2.35 bits per heavy atom. The molecule has 20 heavy (non-hydrogen) atoms. The summed E-state index contributed by atoms with van der Waals surface area (Å²) in [4.78, 5) is 12.3. The van der Waals surface area contributed by atoms with E-state index >= 15 is 0 Å². The maximum Gasteiger partial charge on any atom is 0.406 e. The number of nitrogens with zero attached hydrogens (tertiary/aromatic N) is 1. The molecule has 1 amide bonds. The Labute approximate surface area is 112 Å². The number of hydrogen-bond acceptors (Lipinski definition) is 2. The first kappa shape index (κ1) is 16.4. The Morgan fingerprint density at radius 2 is 1.85 bits per heavy atom. The van der Waals surface area contributed by atoms with Crippen LogP contribution in [0, 0.1) is 11.6 Å². The lowest BCUT2D eigenvalue weighted by molar-refractivity contribution is -0.160. The van der Waals surface area contributed by atoms with Crippen LogP contribution < -0.4 is 5.73 Å². The Balaban J connectivity index is 2.77. The van der Waals surface area contributed by atoms with E-state index in [2.05, 4.69) is 0 Å². The molecule has 0 spiro atoms. The van der Waals surface area contributed by atoms with E-state index in [9.17, 15) is 26.7 Å². The fraction of sp³-hybridized carbons (Fsp3) is 0.417. The molecule has 1 rings (SSSR count). The second-order valence-corrected chi connectivity index (χ2v) is 4.14. The topological polar surface area (TPSA) is 46.3 Å². The first-order chi connectivity index (χ1) is 9.23. The average molecular weight is 296 g/mol. The highest BCUT2D eigenvalue weighted by atomic mass is 19.4. The van der Waals surface area contributed by atoms with Crippen LogP contribution in [0.1, 0.15) is 5.56 Å². The molecule has 0 bridgehead atoms. The zero-order chi connectivity index (χ0) is 15.3. The summed E-state index contributed by atoms with van der Waals surface area (Å²) in [6.45, 7) is -1.81. The fourth-order valence-electron chi connectivity index (χ4n) is 1.60. The second kappa shape index (κ2) is 6.65. The number of benzene rings is 1. The first-order valence-corrected chi connectivity index (χ1v) is 5.71. The van der Waals surface area contributed by atoms with Gasteiger partial charge in [-0.2, -0.15) is 13.2 Å². The van der Waals surface area contributed by atoms with Gasteiger partial charge in [-0.15, -0.1) is 0 Å². The minimum absolute atomic E-state index is 0.0955. The van der Waals surface area contributed by atoms with Crippen molar-refractivity contribution in [3.8, 4) is 0 Å². The molecule has 0 heterocycles. The highest BCUT2D eigenvalue weighted by molar-refractivity contribution is 5.78. The Hall–Kier alpha value is -1.70. The molecule has 0 atom stereocenters. The van der Waals surface area contributed by atoms with Gasteiger partial charge in [-0.3, -0.25) is 4.79 Å². The fourth-order valence-corrected chi connectivity index (χ4v) is 1.60. The van der Waals surface area contributed by atoms with Gasteiger partial charge in [-0.05, 0) is 17.7 Å². The number of rotatable bonds is 5. The zero-order valence-corrected chi connectivity index (χ0v) is 10.4. The predicted octanol–water partition coefficient (Wildman–Crippen LogP) is 1.86. The monoisotopic (exact) mass is 296 g/mol. The molecule has 1 aromatic rings. The van der Waals surface area contributed by atoms with Crippen molar-refractivity contribution in [2.24, 2.45) is 5.73 Å². The molecule has 0 unspecified atom stereocenters. The van der Waals surface area contributed by atoms with E-state index in [1.165, 1.54) is 0 Å². The molecule has 8 heteroatoms. The van der Waals surface area contributed by atoms with Crippen molar-refractivity contribution >= 4 is 5.91 Å². The molecule has 0 aliphatic carbocycles. The Morgan fingerprint density at radius 1 is 1.20 bits per heavy atom. The van der Waals surface area contributed by atoms with Crippen LogP contribution in [0.2, 0.25) is 0 Å². The number of halogens is 5. The van der Waals surface area contributed by atoms with Crippen molar-refractivity contribution in [3.05, 3.63) is 35.4 Å². The van der Waals surface area contributed by atoms with Gasteiger partial charge in [0.25, 0.3) is 0 Å². The van der Waals surface area contributed by atoms with Crippen molar-refractivity contribution in [2.45, 2.75) is 12.6 Å². The minimum atomic E-state index is -4.54. The lowest BCUT2D eigenvalue weighted by atomic mass is 10.1. The van der Waals surface area contributed by atoms with Gasteiger partial charge in [0.05, 0.1) is 6.42 Å². The summed E-state index contributed by atoms with van der Waals surface area (Å²) in [5.41, 5.74) is 5.25. The maximum absolute atomic E-state index is 13.0. The van der Waals surface area contributed by atoms with E-state index < -0.39 is 36.7 Å². The van der Waals surface area contributed by atoms with Gasteiger partial charge in [0, 0.05) is 13.1 Å². The van der Waals surface area contributed by atoms with E-state index in [1.807, 2.05) is 0 Å². The van der Waals surface area contributed by atoms with Gasteiger partial charge < -0.3 is 10.6 Å². The molecular formula is C12H13F5N2O. The molecule has 1 aromatic carbocycles. The lowest BCUT2D eigenvalue weighted by Crippen LogP contribution is -2.42. The lowest BCUT2D eigenvalue weighted by Gasteiger charge is -2.23. The van der Waals surface area contributed by atoms with Crippen molar-refractivity contribution < 1.29 is 26.7 Å². The smallest absolute Gasteiger partial charge is 0.332 e. The molecule has 3 nitrogen and oxygen atoms in total. The molecule has 0 aromatic heterocycles. The molecule has 0 saturated heterocycles. The van der Waals surface area contributed by atoms with Gasteiger partial charge in [0.1, 0.15) is 6.54 Å². The van der Waals surface area contributed by atoms with Crippen LogP contribution in [0.5, 0.6) is 0 Å². The molecule has 112 valence electrons. The van der Waals surface area contributed by atoms with Gasteiger partial charge in [-0.1, -0.05) is 6.07 Å². The van der Waals surface area contributed by atoms with Crippen LogP contribution in [-0.4, -0.2) is 36.6 Å². The van der Waals surface area contributed by atoms with Crippen molar-refractivity contribution in [3.63, 3.8) is 0 Å². The molecule has 2 N–H and O–H groups in total. The molecule has 0 aliphatic heterocycles. The number of carbonyl (C=O) groups is 1. The van der Waals surface area contributed by atoms with Crippen molar-refractivity contribution in [1.29, 1.82) is 0 Å². The Bertz CT molecular complexity index is 475. The zero-order valence-electron chi connectivity index (χ0n) is 10.4. The van der Waals surface area contributed by atoms with E-state index in [0.717, 1.165) is 18.2 Å². The van der Waals surface area contributed by atoms with Crippen molar-refractivity contribution in [2.75, 3.05) is 19.6 Å². The van der Waals surface area contributed by atoms with E-state index in [-0.39, 0.29) is 18.7 Å². The standard InChI is InChI=1S/C12H13F5N2O/c13-9-2-1-8(5-10(9)14)6-11(20)19(4-3-18)7-12(15,16)17/h1-2,5H,3-4,6-7,18H2. The number of alkyl halides is 3. The number of carbonyl (C=O) groups excluding carboxylic acids is 1. The predicted molar refractivity (Wildman–Crippen MR) is 61.8 cm³/mol. The van der Waals surface area contributed by atoms with Gasteiger partial charge >= 0.3 is 6.18 Å². The number of nitrogens with two attached hydrogens (primary N) is 1. The Kier molecular flexibility index (Phi) is 5.43. The maximum atomic E-state index is 13.0. The minimum Gasteiger partial charge on any atom is -0.332 e. The molecular weight excluding hydrogens is 283 g/mol. The largest absolute Gasteiger partial charge is 0.406 e. The molecule has 0 saturated carbocycles. The van der Waals surface area contributed by atoms with E-state index in [0.29, 0.717) is 4.90 Å². The van der Waals surface area contributed by atoms with E-state index in [4.69, 9.17) is 5.73 Å². The van der Waals surface area contributed by atoms with Gasteiger partial charge in [0.15, 0.2) is 11.6 Å². The molecule has 0 radical (unpaired) electrons. The molecule has 0 aliphatic rings. The summed E-state index contributed by atoms with van der Waals surface area (Å²) in [5, 5.41) is 0. The molecule has 0 fully saturated rings. The highest BCUT2D eigenvalue weighted by Crippen LogP contribution is 2.17. The van der Waals surface area contributed by atoms with Crippen LogP contribution in [-0.2, 0) is 11.2 Å². The average Bonchev–Trinajstić information content (AvgIpc) is 2.31. The third-order valence-corrected chi connectivity index (χ3v) is 2.46. The van der Waals surface area contributed by atoms with Crippen LogP contribution >= 0.6 is 0 Å². The van der Waals surface area contributed by atoms with Crippen LogP contribution in [0.4, 0.5) is 22.0 Å².